The molecule has 98 valence electrons. The van der Waals surface area contributed by atoms with E-state index in [0.29, 0.717) is 0 Å². The molecule has 2 N–H and O–H groups in total. The van der Waals surface area contributed by atoms with E-state index < -0.39 is 6.10 Å². The molecule has 2 rings (SSSR count). The van der Waals surface area contributed by atoms with Crippen molar-refractivity contribution in [1.29, 1.82) is 0 Å². The number of nitrogens with one attached hydrogen (secondary N) is 1. The van der Waals surface area contributed by atoms with Gasteiger partial charge in [0.15, 0.2) is 0 Å². The lowest BCUT2D eigenvalue weighted by atomic mass is 9.92. The van der Waals surface area contributed by atoms with E-state index in [1.165, 1.54) is 6.08 Å². The molecule has 1 amide bonds. The van der Waals surface area contributed by atoms with Gasteiger partial charge in [-0.05, 0) is 47.0 Å². The van der Waals surface area contributed by atoms with Gasteiger partial charge in [0.1, 0.15) is 0 Å². The van der Waals surface area contributed by atoms with Crippen LogP contribution in [-0.4, -0.2) is 23.2 Å². The van der Waals surface area contributed by atoms with E-state index in [1.807, 2.05) is 12.1 Å². The van der Waals surface area contributed by atoms with Crippen molar-refractivity contribution >= 4 is 39.2 Å². The lowest BCUT2D eigenvalue weighted by Gasteiger charge is -2.27. The maximum atomic E-state index is 11.7. The molecule has 0 spiro atoms. The van der Waals surface area contributed by atoms with Gasteiger partial charge in [-0.2, -0.15) is 0 Å². The Bertz CT molecular complexity index is 444. The van der Waals surface area contributed by atoms with Crippen LogP contribution < -0.4 is 5.32 Å². The summed E-state index contributed by atoms with van der Waals surface area (Å²) in [4.78, 5) is 12.7. The molecular formula is C13H16BrNO2S. The van der Waals surface area contributed by atoms with Gasteiger partial charge in [-0.3, -0.25) is 4.79 Å². The van der Waals surface area contributed by atoms with Crippen LogP contribution >= 0.6 is 27.3 Å². The van der Waals surface area contributed by atoms with Crippen LogP contribution in [0.15, 0.2) is 22.0 Å². The standard InChI is InChI=1S/C13H16BrNO2S/c14-12-7-5-9(18-12)6-8-13(17)15-10-3-1-2-4-11(10)16/h5-8,10-11,16H,1-4H2,(H,15,17)/b8-6+. The second kappa shape index (κ2) is 6.50. The molecule has 1 aromatic heterocycles. The summed E-state index contributed by atoms with van der Waals surface area (Å²) < 4.78 is 1.05. The molecule has 1 saturated carbocycles. The van der Waals surface area contributed by atoms with Crippen molar-refractivity contribution in [3.63, 3.8) is 0 Å². The van der Waals surface area contributed by atoms with Crippen molar-refractivity contribution in [2.45, 2.75) is 37.8 Å². The quantitative estimate of drug-likeness (QED) is 0.837. The Balaban J connectivity index is 1.86. The summed E-state index contributed by atoms with van der Waals surface area (Å²) in [6, 6.07) is 3.81. The summed E-state index contributed by atoms with van der Waals surface area (Å²) in [7, 11) is 0. The van der Waals surface area contributed by atoms with Crippen LogP contribution in [0.3, 0.4) is 0 Å². The first kappa shape index (κ1) is 13.8. The van der Waals surface area contributed by atoms with E-state index in [2.05, 4.69) is 21.2 Å². The average molecular weight is 330 g/mol. The zero-order valence-electron chi connectivity index (χ0n) is 9.93. The minimum Gasteiger partial charge on any atom is -0.391 e. The van der Waals surface area contributed by atoms with Crippen molar-refractivity contribution in [3.05, 3.63) is 26.9 Å². The minimum atomic E-state index is -0.396. The van der Waals surface area contributed by atoms with Gasteiger partial charge in [0.05, 0.1) is 15.9 Å². The molecule has 1 heterocycles. The van der Waals surface area contributed by atoms with Gasteiger partial charge in [0, 0.05) is 11.0 Å². The van der Waals surface area contributed by atoms with E-state index in [4.69, 9.17) is 0 Å². The molecule has 3 nitrogen and oxygen atoms in total. The van der Waals surface area contributed by atoms with Gasteiger partial charge in [0.25, 0.3) is 0 Å². The molecule has 1 fully saturated rings. The largest absolute Gasteiger partial charge is 0.391 e. The van der Waals surface area contributed by atoms with Gasteiger partial charge in [-0.25, -0.2) is 0 Å². The molecule has 18 heavy (non-hydrogen) atoms. The number of carbonyl (C=O) groups is 1. The number of amides is 1. The predicted molar refractivity (Wildman–Crippen MR) is 77.5 cm³/mol. The van der Waals surface area contributed by atoms with Crippen LogP contribution in [0.4, 0.5) is 0 Å². The highest BCUT2D eigenvalue weighted by Gasteiger charge is 2.23. The molecule has 2 unspecified atom stereocenters. The van der Waals surface area contributed by atoms with Crippen molar-refractivity contribution < 1.29 is 9.90 Å². The Morgan fingerprint density at radius 2 is 2.22 bits per heavy atom. The number of carbonyl (C=O) groups excluding carboxylic acids is 1. The normalized spacial score (nSPS) is 24.3. The summed E-state index contributed by atoms with van der Waals surface area (Å²) >= 11 is 4.95. The molecule has 1 aliphatic carbocycles. The first-order valence-electron chi connectivity index (χ1n) is 6.07. The summed E-state index contributed by atoms with van der Waals surface area (Å²) in [6.45, 7) is 0. The Labute approximate surface area is 119 Å². The third-order valence-corrected chi connectivity index (χ3v) is 4.64. The van der Waals surface area contributed by atoms with Crippen LogP contribution in [-0.2, 0) is 4.79 Å². The van der Waals surface area contributed by atoms with Crippen LogP contribution in [0.25, 0.3) is 6.08 Å². The Morgan fingerprint density at radius 3 is 2.89 bits per heavy atom. The third-order valence-electron chi connectivity index (χ3n) is 3.05. The Hall–Kier alpha value is -0.650. The minimum absolute atomic E-state index is 0.0917. The van der Waals surface area contributed by atoms with Gasteiger partial charge in [-0.1, -0.05) is 12.8 Å². The fourth-order valence-corrected chi connectivity index (χ4v) is 3.41. The summed E-state index contributed by atoms with van der Waals surface area (Å²) in [6.07, 6.45) is 6.69. The van der Waals surface area contributed by atoms with Crippen molar-refractivity contribution in [2.75, 3.05) is 0 Å². The second-order valence-corrected chi connectivity index (χ2v) is 6.94. The highest BCUT2D eigenvalue weighted by atomic mass is 79.9. The third kappa shape index (κ3) is 3.93. The number of rotatable bonds is 3. The predicted octanol–water partition coefficient (Wildman–Crippen LogP) is 2.94. The first-order chi connectivity index (χ1) is 8.65. The van der Waals surface area contributed by atoms with Crippen molar-refractivity contribution in [2.24, 2.45) is 0 Å². The number of thiophene rings is 1. The highest BCUT2D eigenvalue weighted by Crippen LogP contribution is 2.23. The monoisotopic (exact) mass is 329 g/mol. The Kier molecular flexibility index (Phi) is 4.97. The smallest absolute Gasteiger partial charge is 0.244 e. The zero-order valence-corrected chi connectivity index (χ0v) is 12.3. The van der Waals surface area contributed by atoms with Gasteiger partial charge in [-0.15, -0.1) is 11.3 Å². The van der Waals surface area contributed by atoms with Crippen LogP contribution in [0.2, 0.25) is 0 Å². The van der Waals surface area contributed by atoms with E-state index in [1.54, 1.807) is 17.4 Å². The second-order valence-electron chi connectivity index (χ2n) is 4.44. The molecular weight excluding hydrogens is 314 g/mol. The number of hydrogen-bond acceptors (Lipinski definition) is 3. The van der Waals surface area contributed by atoms with Crippen LogP contribution in [0.1, 0.15) is 30.6 Å². The SMILES string of the molecule is O=C(/C=C/c1ccc(Br)s1)NC1CCCCC1O. The van der Waals surface area contributed by atoms with E-state index in [9.17, 15) is 9.90 Å². The molecule has 0 aliphatic heterocycles. The van der Waals surface area contributed by atoms with Crippen LogP contribution in [0, 0.1) is 0 Å². The molecule has 1 aliphatic rings. The lowest BCUT2D eigenvalue weighted by Crippen LogP contribution is -2.44. The fourth-order valence-electron chi connectivity index (χ4n) is 2.09. The molecule has 2 atom stereocenters. The van der Waals surface area contributed by atoms with Gasteiger partial charge >= 0.3 is 0 Å². The van der Waals surface area contributed by atoms with E-state index in [0.717, 1.165) is 34.3 Å². The Morgan fingerprint density at radius 1 is 1.44 bits per heavy atom. The summed E-state index contributed by atoms with van der Waals surface area (Å²) in [5.41, 5.74) is 0. The van der Waals surface area contributed by atoms with Gasteiger partial charge in [0.2, 0.25) is 5.91 Å². The molecule has 0 saturated heterocycles. The lowest BCUT2D eigenvalue weighted by molar-refractivity contribution is -0.118. The maximum Gasteiger partial charge on any atom is 0.244 e. The molecule has 0 radical (unpaired) electrons. The molecule has 5 heteroatoms. The highest BCUT2D eigenvalue weighted by molar-refractivity contribution is 9.11. The molecule has 1 aromatic rings. The first-order valence-corrected chi connectivity index (χ1v) is 7.68. The summed E-state index contributed by atoms with van der Waals surface area (Å²) in [5.74, 6) is -0.134. The number of hydrogen-bond donors (Lipinski definition) is 2. The van der Waals surface area contributed by atoms with E-state index in [-0.39, 0.29) is 11.9 Å². The number of aliphatic hydroxyl groups excluding tert-OH is 1. The zero-order chi connectivity index (χ0) is 13.0. The van der Waals surface area contributed by atoms with E-state index >= 15 is 0 Å². The number of halogens is 1. The maximum absolute atomic E-state index is 11.7. The summed E-state index contributed by atoms with van der Waals surface area (Å²) in [5, 5.41) is 12.6. The van der Waals surface area contributed by atoms with Crippen molar-refractivity contribution in [1.82, 2.24) is 5.32 Å². The molecule has 0 bridgehead atoms. The van der Waals surface area contributed by atoms with Crippen LogP contribution in [0.5, 0.6) is 0 Å². The van der Waals surface area contributed by atoms with Gasteiger partial charge < -0.3 is 10.4 Å². The number of aliphatic hydroxyl groups is 1. The van der Waals surface area contributed by atoms with Crippen molar-refractivity contribution in [3.8, 4) is 0 Å². The topological polar surface area (TPSA) is 49.3 Å². The molecule has 0 aromatic carbocycles. The average Bonchev–Trinajstić information content (AvgIpc) is 2.76. The fraction of sp³-hybridized carbons (Fsp3) is 0.462.